The molecule has 0 aliphatic rings. The lowest BCUT2D eigenvalue weighted by Gasteiger charge is -2.38. The molecule has 3 nitrogen and oxygen atoms in total. The Balaban J connectivity index is 4.29. The first-order valence-electron chi connectivity index (χ1n) is 4.88. The predicted molar refractivity (Wildman–Crippen MR) is 56.6 cm³/mol. The first-order chi connectivity index (χ1) is 6.13. The minimum Gasteiger partial charge on any atom is -0.304 e. The monoisotopic (exact) mass is 183 g/mol. The molecule has 1 N–H and O–H groups in total. The van der Waals surface area contributed by atoms with Crippen LogP contribution < -0.4 is 0 Å². The summed E-state index contributed by atoms with van der Waals surface area (Å²) in [7, 11) is 4.22. The molecular formula is C10H21N3. The molecule has 0 unspecified atom stereocenters. The summed E-state index contributed by atoms with van der Waals surface area (Å²) in [6.45, 7) is 5.12. The SMILES string of the molecule is CCC(CC)(CCN=C=N)N(C)C. The van der Waals surface area contributed by atoms with Crippen LogP contribution in [0.15, 0.2) is 4.99 Å². The van der Waals surface area contributed by atoms with E-state index in [1.165, 1.54) is 0 Å². The van der Waals surface area contributed by atoms with Gasteiger partial charge in [-0.05, 0) is 33.4 Å². The van der Waals surface area contributed by atoms with E-state index in [0.29, 0.717) is 6.54 Å². The number of aliphatic imine (C=N–C) groups is 1. The van der Waals surface area contributed by atoms with E-state index in [-0.39, 0.29) is 5.54 Å². The summed E-state index contributed by atoms with van der Waals surface area (Å²) in [5.74, 6) is 0. The van der Waals surface area contributed by atoms with E-state index in [1.54, 1.807) is 0 Å². The van der Waals surface area contributed by atoms with Gasteiger partial charge in [0.15, 0.2) is 0 Å². The lowest BCUT2D eigenvalue weighted by Crippen LogP contribution is -2.43. The molecule has 0 atom stereocenters. The van der Waals surface area contributed by atoms with Crippen molar-refractivity contribution >= 4 is 6.01 Å². The Hall–Kier alpha value is -0.660. The van der Waals surface area contributed by atoms with Crippen molar-refractivity contribution in [3.05, 3.63) is 0 Å². The van der Waals surface area contributed by atoms with Gasteiger partial charge in [-0.25, -0.2) is 10.4 Å². The maximum absolute atomic E-state index is 6.70. The fraction of sp³-hybridized carbons (Fsp3) is 0.900. The van der Waals surface area contributed by atoms with Crippen molar-refractivity contribution in [1.29, 1.82) is 5.41 Å². The minimum absolute atomic E-state index is 0.250. The second-order valence-corrected chi connectivity index (χ2v) is 3.57. The molecule has 0 aliphatic heterocycles. The van der Waals surface area contributed by atoms with E-state index < -0.39 is 0 Å². The number of hydrogen-bond acceptors (Lipinski definition) is 3. The second kappa shape index (κ2) is 5.90. The fourth-order valence-corrected chi connectivity index (χ4v) is 1.78. The molecule has 0 saturated heterocycles. The second-order valence-electron chi connectivity index (χ2n) is 3.57. The number of nitrogens with zero attached hydrogens (tertiary/aromatic N) is 2. The van der Waals surface area contributed by atoms with Crippen LogP contribution in [0.4, 0.5) is 0 Å². The van der Waals surface area contributed by atoms with Crippen LogP contribution in [-0.2, 0) is 0 Å². The molecule has 76 valence electrons. The normalized spacial score (nSPS) is 11.5. The van der Waals surface area contributed by atoms with Crippen molar-refractivity contribution in [1.82, 2.24) is 4.90 Å². The van der Waals surface area contributed by atoms with Gasteiger partial charge in [0.05, 0.1) is 12.6 Å². The van der Waals surface area contributed by atoms with Crippen LogP contribution in [0.1, 0.15) is 33.1 Å². The Labute approximate surface area is 81.4 Å². The third-order valence-electron chi connectivity index (χ3n) is 3.03. The maximum Gasteiger partial charge on any atom is 0.0861 e. The molecule has 0 radical (unpaired) electrons. The summed E-state index contributed by atoms with van der Waals surface area (Å²) < 4.78 is 0. The van der Waals surface area contributed by atoms with Gasteiger partial charge in [0, 0.05) is 5.54 Å². The lowest BCUT2D eigenvalue weighted by molar-refractivity contribution is 0.130. The zero-order valence-corrected chi connectivity index (χ0v) is 9.22. The van der Waals surface area contributed by atoms with E-state index >= 15 is 0 Å². The van der Waals surface area contributed by atoms with Crippen LogP contribution in [-0.4, -0.2) is 37.1 Å². The molecule has 3 heteroatoms. The summed E-state index contributed by atoms with van der Waals surface area (Å²) >= 11 is 0. The summed E-state index contributed by atoms with van der Waals surface area (Å²) in [6.07, 6.45) is 3.27. The molecule has 0 bridgehead atoms. The highest BCUT2D eigenvalue weighted by atomic mass is 15.1. The Morgan fingerprint density at radius 2 is 1.85 bits per heavy atom. The third-order valence-corrected chi connectivity index (χ3v) is 3.03. The fourth-order valence-electron chi connectivity index (χ4n) is 1.78. The Morgan fingerprint density at radius 1 is 1.31 bits per heavy atom. The molecule has 13 heavy (non-hydrogen) atoms. The van der Waals surface area contributed by atoms with Gasteiger partial charge in [-0.1, -0.05) is 13.8 Å². The van der Waals surface area contributed by atoms with E-state index in [2.05, 4.69) is 43.8 Å². The average Bonchev–Trinajstić information content (AvgIpc) is 2.13. The van der Waals surface area contributed by atoms with E-state index in [0.717, 1.165) is 19.3 Å². The van der Waals surface area contributed by atoms with Crippen LogP contribution in [0.5, 0.6) is 0 Å². The number of hydrogen-bond donors (Lipinski definition) is 1. The smallest absolute Gasteiger partial charge is 0.0861 e. The average molecular weight is 183 g/mol. The van der Waals surface area contributed by atoms with Crippen LogP contribution >= 0.6 is 0 Å². The van der Waals surface area contributed by atoms with Crippen molar-refractivity contribution in [3.63, 3.8) is 0 Å². The molecule has 0 aromatic carbocycles. The summed E-state index contributed by atoms with van der Waals surface area (Å²) in [6, 6.07) is 2.08. The molecular weight excluding hydrogens is 162 g/mol. The quantitative estimate of drug-likeness (QED) is 0.630. The molecule has 0 spiro atoms. The standard InChI is InChI=1S/C10H21N3/c1-5-10(6-2,13(3)4)7-8-12-9-11/h11H,5-8H2,1-4H3. The highest BCUT2D eigenvalue weighted by molar-refractivity contribution is 5.35. The van der Waals surface area contributed by atoms with Crippen molar-refractivity contribution in [3.8, 4) is 0 Å². The van der Waals surface area contributed by atoms with E-state index in [9.17, 15) is 0 Å². The number of rotatable bonds is 6. The highest BCUT2D eigenvalue weighted by Crippen LogP contribution is 2.25. The minimum atomic E-state index is 0.250. The topological polar surface area (TPSA) is 39.5 Å². The summed E-state index contributed by atoms with van der Waals surface area (Å²) in [4.78, 5) is 6.10. The van der Waals surface area contributed by atoms with E-state index in [4.69, 9.17) is 5.41 Å². The van der Waals surface area contributed by atoms with Crippen molar-refractivity contribution in [2.24, 2.45) is 4.99 Å². The predicted octanol–water partition coefficient (Wildman–Crippen LogP) is 2.25. The molecule has 0 rings (SSSR count). The van der Waals surface area contributed by atoms with Crippen molar-refractivity contribution in [2.75, 3.05) is 20.6 Å². The van der Waals surface area contributed by atoms with Gasteiger partial charge >= 0.3 is 0 Å². The van der Waals surface area contributed by atoms with Gasteiger partial charge in [0.1, 0.15) is 0 Å². The Kier molecular flexibility index (Phi) is 5.60. The van der Waals surface area contributed by atoms with Crippen molar-refractivity contribution < 1.29 is 0 Å². The van der Waals surface area contributed by atoms with Gasteiger partial charge in [0.25, 0.3) is 0 Å². The first-order valence-corrected chi connectivity index (χ1v) is 4.88. The zero-order chi connectivity index (χ0) is 10.3. The largest absolute Gasteiger partial charge is 0.304 e. The third kappa shape index (κ3) is 3.29. The van der Waals surface area contributed by atoms with Crippen molar-refractivity contribution in [2.45, 2.75) is 38.6 Å². The van der Waals surface area contributed by atoms with Gasteiger partial charge in [-0.2, -0.15) is 0 Å². The molecule has 0 amide bonds. The Bertz CT molecular complexity index is 177. The summed E-state index contributed by atoms with van der Waals surface area (Å²) in [5, 5.41) is 6.70. The molecule has 0 aromatic rings. The molecule has 0 aliphatic carbocycles. The maximum atomic E-state index is 6.70. The van der Waals surface area contributed by atoms with Gasteiger partial charge < -0.3 is 4.90 Å². The van der Waals surface area contributed by atoms with Gasteiger partial charge in [0.2, 0.25) is 0 Å². The molecule has 0 saturated carbocycles. The van der Waals surface area contributed by atoms with E-state index in [1.807, 2.05) is 0 Å². The zero-order valence-electron chi connectivity index (χ0n) is 9.22. The van der Waals surface area contributed by atoms with Gasteiger partial charge in [-0.15, -0.1) is 0 Å². The summed E-state index contributed by atoms with van der Waals surface area (Å²) in [5.41, 5.74) is 0.250. The van der Waals surface area contributed by atoms with Crippen LogP contribution in [0.25, 0.3) is 0 Å². The highest BCUT2D eigenvalue weighted by Gasteiger charge is 2.27. The first kappa shape index (κ1) is 12.3. The lowest BCUT2D eigenvalue weighted by atomic mass is 9.88. The molecule has 0 fully saturated rings. The van der Waals surface area contributed by atoms with Gasteiger partial charge in [-0.3, -0.25) is 0 Å². The van der Waals surface area contributed by atoms with Crippen LogP contribution in [0.3, 0.4) is 0 Å². The molecule has 0 aromatic heterocycles. The number of nitrogens with one attached hydrogen (secondary N) is 1. The van der Waals surface area contributed by atoms with Crippen LogP contribution in [0, 0.1) is 5.41 Å². The Morgan fingerprint density at radius 3 is 2.15 bits per heavy atom. The van der Waals surface area contributed by atoms with Crippen LogP contribution in [0.2, 0.25) is 0 Å². The molecule has 0 heterocycles.